The van der Waals surface area contributed by atoms with Gasteiger partial charge in [0.2, 0.25) is 0 Å². The van der Waals surface area contributed by atoms with E-state index in [4.69, 9.17) is 9.47 Å². The summed E-state index contributed by atoms with van der Waals surface area (Å²) in [7, 11) is 1.63. The van der Waals surface area contributed by atoms with Crippen molar-refractivity contribution in [1.29, 1.82) is 0 Å². The maximum atomic E-state index is 12.8. The molecule has 3 aromatic rings. The molecular formula is C20H20N2O3S. The summed E-state index contributed by atoms with van der Waals surface area (Å²) in [6.45, 7) is 2.30. The first-order valence-electron chi connectivity index (χ1n) is 8.17. The summed E-state index contributed by atoms with van der Waals surface area (Å²) in [6.07, 6.45) is 0. The Balaban J connectivity index is 1.72. The van der Waals surface area contributed by atoms with Crippen molar-refractivity contribution in [1.82, 2.24) is 4.98 Å². The van der Waals surface area contributed by atoms with Crippen molar-refractivity contribution in [2.24, 2.45) is 0 Å². The molecule has 0 aliphatic carbocycles. The summed E-state index contributed by atoms with van der Waals surface area (Å²) in [4.78, 5) is 18.8. The second-order valence-electron chi connectivity index (χ2n) is 5.72. The van der Waals surface area contributed by atoms with Gasteiger partial charge in [0.25, 0.3) is 5.91 Å². The zero-order valence-electron chi connectivity index (χ0n) is 14.7. The van der Waals surface area contributed by atoms with E-state index in [1.165, 1.54) is 11.3 Å². The number of para-hydroxylation sites is 1. The number of aryl methyl sites for hydroxylation is 1. The molecule has 0 fully saturated rings. The predicted octanol–water partition coefficient (Wildman–Crippen LogP) is 4.07. The lowest BCUT2D eigenvalue weighted by Gasteiger charge is -2.22. The molecule has 26 heavy (non-hydrogen) atoms. The van der Waals surface area contributed by atoms with E-state index in [2.05, 4.69) is 4.98 Å². The van der Waals surface area contributed by atoms with E-state index in [0.29, 0.717) is 12.3 Å². The minimum Gasteiger partial charge on any atom is -0.496 e. The average Bonchev–Trinajstić information content (AvgIpc) is 3.18. The molecule has 2 aromatic carbocycles. The molecule has 0 saturated carbocycles. The van der Waals surface area contributed by atoms with Crippen LogP contribution in [-0.2, 0) is 11.3 Å². The molecule has 0 saturated heterocycles. The normalized spacial score (nSPS) is 10.4. The van der Waals surface area contributed by atoms with Gasteiger partial charge < -0.3 is 14.4 Å². The fourth-order valence-corrected chi connectivity index (χ4v) is 3.12. The zero-order chi connectivity index (χ0) is 18.4. The Morgan fingerprint density at radius 3 is 2.65 bits per heavy atom. The van der Waals surface area contributed by atoms with Gasteiger partial charge in [0.15, 0.2) is 6.61 Å². The number of benzene rings is 2. The molecule has 134 valence electrons. The molecule has 0 radical (unpaired) electrons. The number of thiazole rings is 1. The predicted molar refractivity (Wildman–Crippen MR) is 103 cm³/mol. The van der Waals surface area contributed by atoms with Crippen LogP contribution in [0.25, 0.3) is 0 Å². The van der Waals surface area contributed by atoms with E-state index in [1.54, 1.807) is 23.6 Å². The third kappa shape index (κ3) is 4.40. The topological polar surface area (TPSA) is 51.7 Å². The Morgan fingerprint density at radius 2 is 2.00 bits per heavy atom. The number of hydrogen-bond donors (Lipinski definition) is 0. The largest absolute Gasteiger partial charge is 0.496 e. The molecule has 0 aliphatic heterocycles. The van der Waals surface area contributed by atoms with Gasteiger partial charge in [-0.1, -0.05) is 18.2 Å². The fourth-order valence-electron chi connectivity index (χ4n) is 2.57. The van der Waals surface area contributed by atoms with Crippen LogP contribution >= 0.6 is 11.3 Å². The number of ether oxygens (including phenoxy) is 2. The van der Waals surface area contributed by atoms with Crippen molar-refractivity contribution in [3.05, 3.63) is 70.7 Å². The first-order chi connectivity index (χ1) is 12.7. The van der Waals surface area contributed by atoms with Gasteiger partial charge in [0.1, 0.15) is 11.5 Å². The maximum absolute atomic E-state index is 12.8. The minimum atomic E-state index is -0.127. The van der Waals surface area contributed by atoms with Crippen LogP contribution in [0.2, 0.25) is 0 Å². The molecule has 0 atom stereocenters. The molecule has 0 spiro atoms. The lowest BCUT2D eigenvalue weighted by atomic mass is 10.2. The van der Waals surface area contributed by atoms with Crippen LogP contribution in [0, 0.1) is 6.92 Å². The van der Waals surface area contributed by atoms with Gasteiger partial charge in [0.05, 0.1) is 24.9 Å². The quantitative estimate of drug-likeness (QED) is 0.631. The van der Waals surface area contributed by atoms with Crippen LogP contribution in [0.5, 0.6) is 11.5 Å². The molecule has 6 heteroatoms. The van der Waals surface area contributed by atoms with Gasteiger partial charge in [-0.3, -0.25) is 4.79 Å². The molecule has 0 bridgehead atoms. The number of hydrogen-bond acceptors (Lipinski definition) is 5. The van der Waals surface area contributed by atoms with Crippen molar-refractivity contribution < 1.29 is 14.3 Å². The standard InChI is InChI=1S/C20H20N2O3S/c1-15-10-18(8-9-19(15)24-2)25-12-20(23)22(11-16-13-26-14-21-16)17-6-4-3-5-7-17/h3-10,13-14H,11-12H2,1-2H3. The van der Waals surface area contributed by atoms with Crippen molar-refractivity contribution in [3.8, 4) is 11.5 Å². The molecule has 0 unspecified atom stereocenters. The Morgan fingerprint density at radius 1 is 1.19 bits per heavy atom. The van der Waals surface area contributed by atoms with Crippen LogP contribution in [0.1, 0.15) is 11.3 Å². The summed E-state index contributed by atoms with van der Waals surface area (Å²) in [6, 6.07) is 15.0. The molecule has 5 nitrogen and oxygen atoms in total. The first kappa shape index (κ1) is 17.9. The molecule has 1 heterocycles. The molecule has 0 aliphatic rings. The van der Waals surface area contributed by atoms with Gasteiger partial charge in [0, 0.05) is 11.1 Å². The average molecular weight is 368 g/mol. The van der Waals surface area contributed by atoms with Crippen LogP contribution in [0.3, 0.4) is 0 Å². The van der Waals surface area contributed by atoms with E-state index < -0.39 is 0 Å². The molecule has 1 aromatic heterocycles. The summed E-state index contributed by atoms with van der Waals surface area (Å²) in [5, 5.41) is 1.94. The number of methoxy groups -OCH3 is 1. The van der Waals surface area contributed by atoms with E-state index in [9.17, 15) is 4.79 Å². The Labute approximate surface area is 156 Å². The number of carbonyl (C=O) groups is 1. The Kier molecular flexibility index (Phi) is 5.86. The lowest BCUT2D eigenvalue weighted by Crippen LogP contribution is -2.34. The third-order valence-electron chi connectivity index (χ3n) is 3.90. The van der Waals surface area contributed by atoms with Crippen molar-refractivity contribution in [2.75, 3.05) is 18.6 Å². The fraction of sp³-hybridized carbons (Fsp3) is 0.200. The maximum Gasteiger partial charge on any atom is 0.265 e. The van der Waals surface area contributed by atoms with E-state index in [1.807, 2.05) is 54.8 Å². The number of carbonyl (C=O) groups excluding carboxylic acids is 1. The highest BCUT2D eigenvalue weighted by Gasteiger charge is 2.18. The van der Waals surface area contributed by atoms with Crippen molar-refractivity contribution in [3.63, 3.8) is 0 Å². The second-order valence-corrected chi connectivity index (χ2v) is 6.43. The smallest absolute Gasteiger partial charge is 0.265 e. The highest BCUT2D eigenvalue weighted by molar-refractivity contribution is 7.07. The monoisotopic (exact) mass is 368 g/mol. The summed E-state index contributed by atoms with van der Waals surface area (Å²) in [5.41, 5.74) is 4.40. The van der Waals surface area contributed by atoms with Gasteiger partial charge in [-0.2, -0.15) is 0 Å². The lowest BCUT2D eigenvalue weighted by molar-refractivity contribution is -0.120. The van der Waals surface area contributed by atoms with Crippen molar-refractivity contribution >= 4 is 22.9 Å². The number of amides is 1. The number of nitrogens with zero attached hydrogens (tertiary/aromatic N) is 2. The number of aromatic nitrogens is 1. The van der Waals surface area contributed by atoms with E-state index in [-0.39, 0.29) is 12.5 Å². The van der Waals surface area contributed by atoms with Gasteiger partial charge in [-0.15, -0.1) is 11.3 Å². The van der Waals surface area contributed by atoms with Gasteiger partial charge in [-0.25, -0.2) is 4.98 Å². The van der Waals surface area contributed by atoms with Crippen LogP contribution in [0.15, 0.2) is 59.4 Å². The highest BCUT2D eigenvalue weighted by atomic mass is 32.1. The SMILES string of the molecule is COc1ccc(OCC(=O)N(Cc2cscn2)c2ccccc2)cc1C. The number of anilines is 1. The second kappa shape index (κ2) is 8.49. The van der Waals surface area contributed by atoms with Crippen LogP contribution in [-0.4, -0.2) is 24.6 Å². The third-order valence-corrected chi connectivity index (χ3v) is 4.54. The summed E-state index contributed by atoms with van der Waals surface area (Å²) >= 11 is 1.51. The van der Waals surface area contributed by atoms with Gasteiger partial charge in [-0.05, 0) is 42.8 Å². The molecule has 3 rings (SSSR count). The van der Waals surface area contributed by atoms with Crippen molar-refractivity contribution in [2.45, 2.75) is 13.5 Å². The minimum absolute atomic E-state index is 0.0508. The molecule has 1 amide bonds. The molecule has 0 N–H and O–H groups in total. The van der Waals surface area contributed by atoms with Gasteiger partial charge >= 0.3 is 0 Å². The Hall–Kier alpha value is -2.86. The first-order valence-corrected chi connectivity index (χ1v) is 9.11. The van der Waals surface area contributed by atoms with E-state index >= 15 is 0 Å². The summed E-state index contributed by atoms with van der Waals surface area (Å²) in [5.74, 6) is 1.30. The Bertz CT molecular complexity index is 851. The molecular weight excluding hydrogens is 348 g/mol. The van der Waals surface area contributed by atoms with Crippen LogP contribution in [0.4, 0.5) is 5.69 Å². The van der Waals surface area contributed by atoms with Crippen LogP contribution < -0.4 is 14.4 Å². The summed E-state index contributed by atoms with van der Waals surface area (Å²) < 4.78 is 10.9. The highest BCUT2D eigenvalue weighted by Crippen LogP contribution is 2.23. The zero-order valence-corrected chi connectivity index (χ0v) is 15.5. The number of rotatable bonds is 7. The van der Waals surface area contributed by atoms with E-state index in [0.717, 1.165) is 22.7 Å².